The molecular weight excluding hydrogens is 248 g/mol. The molecule has 0 spiro atoms. The second-order valence-corrected chi connectivity index (χ2v) is 4.02. The Kier molecular flexibility index (Phi) is 5.78. The van der Waals surface area contributed by atoms with Gasteiger partial charge in [0.05, 0.1) is 0 Å². The van der Waals surface area contributed by atoms with E-state index in [1.54, 1.807) is 6.07 Å². The zero-order chi connectivity index (χ0) is 14.3. The molecule has 0 radical (unpaired) electrons. The molecule has 104 valence electrons. The number of hydrogen-bond donors (Lipinski definition) is 2. The Labute approximate surface area is 111 Å². The van der Waals surface area contributed by atoms with E-state index in [1.165, 1.54) is 12.3 Å². The first-order valence-electron chi connectivity index (χ1n) is 6.18. The molecule has 0 unspecified atom stereocenters. The molecule has 19 heavy (non-hydrogen) atoms. The lowest BCUT2D eigenvalue weighted by Gasteiger charge is -2.15. The smallest absolute Gasteiger partial charge is 0.358 e. The van der Waals surface area contributed by atoms with Gasteiger partial charge in [-0.25, -0.2) is 9.78 Å². The lowest BCUT2D eigenvalue weighted by atomic mass is 10.2. The first-order valence-corrected chi connectivity index (χ1v) is 6.18. The van der Waals surface area contributed by atoms with Crippen LogP contribution in [0.4, 0.5) is 0 Å². The molecule has 0 aliphatic heterocycles. The number of aromatic nitrogens is 1. The molecule has 2 N–H and O–H groups in total. The quantitative estimate of drug-likeness (QED) is 0.780. The molecule has 1 aromatic heterocycles. The van der Waals surface area contributed by atoms with Crippen molar-refractivity contribution in [1.29, 1.82) is 0 Å². The largest absolute Gasteiger partial charge is 0.481 e. The number of hydrogen-bond acceptors (Lipinski definition) is 4. The van der Waals surface area contributed by atoms with Crippen LogP contribution in [0, 0.1) is 0 Å². The van der Waals surface area contributed by atoms with E-state index in [4.69, 9.17) is 9.84 Å². The predicted molar refractivity (Wildman–Crippen MR) is 69.2 cm³/mol. The summed E-state index contributed by atoms with van der Waals surface area (Å²) in [5.74, 6) is -1.36. The fourth-order valence-electron chi connectivity index (χ4n) is 1.57. The number of aromatic carboxylic acids is 1. The number of nitrogens with zero attached hydrogens (tertiary/aromatic N) is 1. The Morgan fingerprint density at radius 2 is 2.11 bits per heavy atom. The summed E-state index contributed by atoms with van der Waals surface area (Å²) in [5.41, 5.74) is -0.196. The average Bonchev–Trinajstić information content (AvgIpc) is 2.42. The molecule has 6 nitrogen and oxygen atoms in total. The molecular formula is C13H18N2O4. The van der Waals surface area contributed by atoms with Crippen molar-refractivity contribution in [2.24, 2.45) is 0 Å². The number of carboxylic acid groups (broad SMARTS) is 1. The zero-order valence-corrected chi connectivity index (χ0v) is 11.0. The molecule has 6 heteroatoms. The van der Waals surface area contributed by atoms with E-state index < -0.39 is 5.97 Å². The Balaban J connectivity index is 2.57. The molecule has 0 saturated carbocycles. The number of carboxylic acids is 1. The SMILES string of the molecule is CCC(CC)NC(=O)COc1cccnc1C(=O)O. The Morgan fingerprint density at radius 1 is 1.42 bits per heavy atom. The summed E-state index contributed by atoms with van der Waals surface area (Å²) in [7, 11) is 0. The van der Waals surface area contributed by atoms with E-state index in [1.807, 2.05) is 13.8 Å². The molecule has 0 atom stereocenters. The standard InChI is InChI=1S/C13H18N2O4/c1-3-9(4-2)15-11(16)8-19-10-6-5-7-14-12(10)13(17)18/h5-7,9H,3-4,8H2,1-2H3,(H,15,16)(H,17,18). The topological polar surface area (TPSA) is 88.5 Å². The number of carbonyl (C=O) groups is 2. The maximum absolute atomic E-state index is 11.6. The van der Waals surface area contributed by atoms with Gasteiger partial charge >= 0.3 is 5.97 Å². The Hall–Kier alpha value is -2.11. The number of nitrogens with one attached hydrogen (secondary N) is 1. The number of pyridine rings is 1. The molecule has 1 rings (SSSR count). The highest BCUT2D eigenvalue weighted by molar-refractivity contribution is 5.88. The lowest BCUT2D eigenvalue weighted by molar-refractivity contribution is -0.123. The number of amides is 1. The fraction of sp³-hybridized carbons (Fsp3) is 0.462. The van der Waals surface area contributed by atoms with Gasteiger partial charge < -0.3 is 15.2 Å². The molecule has 1 heterocycles. The molecule has 1 aromatic rings. The van der Waals surface area contributed by atoms with Crippen LogP contribution in [0.25, 0.3) is 0 Å². The Morgan fingerprint density at radius 3 is 2.68 bits per heavy atom. The van der Waals surface area contributed by atoms with Crippen molar-refractivity contribution in [1.82, 2.24) is 10.3 Å². The average molecular weight is 266 g/mol. The Bertz CT molecular complexity index is 444. The third kappa shape index (κ3) is 4.57. The van der Waals surface area contributed by atoms with Gasteiger partial charge in [0.25, 0.3) is 5.91 Å². The summed E-state index contributed by atoms with van der Waals surface area (Å²) in [5, 5.41) is 11.7. The second-order valence-electron chi connectivity index (χ2n) is 4.02. The highest BCUT2D eigenvalue weighted by atomic mass is 16.5. The highest BCUT2D eigenvalue weighted by Crippen LogP contribution is 2.14. The number of rotatable bonds is 7. The van der Waals surface area contributed by atoms with Crippen molar-refractivity contribution < 1.29 is 19.4 Å². The van der Waals surface area contributed by atoms with Crippen LogP contribution >= 0.6 is 0 Å². The van der Waals surface area contributed by atoms with Gasteiger partial charge in [-0.2, -0.15) is 0 Å². The van der Waals surface area contributed by atoms with Gasteiger partial charge in [0.2, 0.25) is 0 Å². The minimum Gasteiger partial charge on any atom is -0.481 e. The van der Waals surface area contributed by atoms with Gasteiger partial charge in [-0.3, -0.25) is 4.79 Å². The molecule has 0 aromatic carbocycles. The van der Waals surface area contributed by atoms with E-state index >= 15 is 0 Å². The highest BCUT2D eigenvalue weighted by Gasteiger charge is 2.14. The van der Waals surface area contributed by atoms with Crippen molar-refractivity contribution >= 4 is 11.9 Å². The number of carbonyl (C=O) groups excluding carboxylic acids is 1. The van der Waals surface area contributed by atoms with E-state index in [0.717, 1.165) is 12.8 Å². The van der Waals surface area contributed by atoms with Crippen LogP contribution in [-0.2, 0) is 4.79 Å². The van der Waals surface area contributed by atoms with Crippen molar-refractivity contribution in [3.05, 3.63) is 24.0 Å². The van der Waals surface area contributed by atoms with Crippen molar-refractivity contribution in [2.75, 3.05) is 6.61 Å². The summed E-state index contributed by atoms with van der Waals surface area (Å²) < 4.78 is 5.19. The van der Waals surface area contributed by atoms with Gasteiger partial charge in [-0.1, -0.05) is 13.8 Å². The predicted octanol–water partition coefficient (Wildman–Crippen LogP) is 1.46. The van der Waals surface area contributed by atoms with Crippen LogP contribution in [0.15, 0.2) is 18.3 Å². The maximum Gasteiger partial charge on any atom is 0.358 e. The third-order valence-electron chi connectivity index (χ3n) is 2.68. The third-order valence-corrected chi connectivity index (χ3v) is 2.68. The summed E-state index contributed by atoms with van der Waals surface area (Å²) in [4.78, 5) is 26.2. The lowest BCUT2D eigenvalue weighted by Crippen LogP contribution is -2.37. The fourth-order valence-corrected chi connectivity index (χ4v) is 1.57. The molecule has 0 bridgehead atoms. The van der Waals surface area contributed by atoms with Crippen LogP contribution in [0.3, 0.4) is 0 Å². The van der Waals surface area contributed by atoms with E-state index in [-0.39, 0.29) is 30.0 Å². The summed E-state index contributed by atoms with van der Waals surface area (Å²) in [6, 6.07) is 3.14. The van der Waals surface area contributed by atoms with Crippen LogP contribution < -0.4 is 10.1 Å². The van der Waals surface area contributed by atoms with Crippen LogP contribution in [0.5, 0.6) is 5.75 Å². The van der Waals surface area contributed by atoms with Crippen LogP contribution in [0.2, 0.25) is 0 Å². The monoisotopic (exact) mass is 266 g/mol. The van der Waals surface area contributed by atoms with E-state index in [9.17, 15) is 9.59 Å². The second kappa shape index (κ2) is 7.35. The first-order chi connectivity index (χ1) is 9.08. The number of ether oxygens (including phenoxy) is 1. The van der Waals surface area contributed by atoms with Crippen molar-refractivity contribution in [3.63, 3.8) is 0 Å². The molecule has 0 aliphatic carbocycles. The summed E-state index contributed by atoms with van der Waals surface area (Å²) >= 11 is 0. The first kappa shape index (κ1) is 14.9. The molecule has 0 saturated heterocycles. The van der Waals surface area contributed by atoms with Crippen molar-refractivity contribution in [2.45, 2.75) is 32.7 Å². The van der Waals surface area contributed by atoms with Crippen LogP contribution in [0.1, 0.15) is 37.2 Å². The minimum atomic E-state index is -1.18. The molecule has 0 aliphatic rings. The summed E-state index contributed by atoms with van der Waals surface area (Å²) in [6.45, 7) is 3.75. The van der Waals surface area contributed by atoms with Gasteiger partial charge in [-0.15, -0.1) is 0 Å². The van der Waals surface area contributed by atoms with E-state index in [0.29, 0.717) is 0 Å². The minimum absolute atomic E-state index is 0.0923. The van der Waals surface area contributed by atoms with Crippen LogP contribution in [-0.4, -0.2) is 34.6 Å². The normalized spacial score (nSPS) is 10.3. The molecule has 1 amide bonds. The van der Waals surface area contributed by atoms with Gasteiger partial charge in [0.15, 0.2) is 18.1 Å². The van der Waals surface area contributed by atoms with Gasteiger partial charge in [0, 0.05) is 12.2 Å². The van der Waals surface area contributed by atoms with Gasteiger partial charge in [-0.05, 0) is 25.0 Å². The van der Waals surface area contributed by atoms with Crippen molar-refractivity contribution in [3.8, 4) is 5.75 Å². The summed E-state index contributed by atoms with van der Waals surface area (Å²) in [6.07, 6.45) is 3.05. The maximum atomic E-state index is 11.6. The van der Waals surface area contributed by atoms with E-state index in [2.05, 4.69) is 10.3 Å². The molecule has 0 fully saturated rings. The van der Waals surface area contributed by atoms with Gasteiger partial charge in [0.1, 0.15) is 0 Å². The zero-order valence-electron chi connectivity index (χ0n) is 11.0.